The van der Waals surface area contributed by atoms with E-state index in [4.69, 9.17) is 0 Å². The predicted octanol–water partition coefficient (Wildman–Crippen LogP) is 3.49. The van der Waals surface area contributed by atoms with Crippen LogP contribution in [-0.4, -0.2) is 40.6 Å². The van der Waals surface area contributed by atoms with Crippen molar-refractivity contribution < 1.29 is 14.4 Å². The van der Waals surface area contributed by atoms with Crippen molar-refractivity contribution in [1.29, 1.82) is 0 Å². The Kier molecular flexibility index (Phi) is 4.59. The van der Waals surface area contributed by atoms with Gasteiger partial charge in [0.05, 0.1) is 17.2 Å². The van der Waals surface area contributed by atoms with E-state index in [0.29, 0.717) is 24.0 Å². The molecule has 1 aromatic carbocycles. The highest BCUT2D eigenvalue weighted by Gasteiger charge is 2.35. The number of amides is 3. The molecule has 1 saturated heterocycles. The number of benzene rings is 1. The van der Waals surface area contributed by atoms with Crippen molar-refractivity contribution >= 4 is 29.1 Å². The molecule has 0 N–H and O–H groups in total. The minimum Gasteiger partial charge on any atom is -0.335 e. The SMILES string of the molecule is O=C1c2ccccc2C(=O)N1CCCC(=O)N1CCCC1c1cccs1. The van der Waals surface area contributed by atoms with Crippen LogP contribution in [0.25, 0.3) is 0 Å². The van der Waals surface area contributed by atoms with E-state index in [2.05, 4.69) is 6.07 Å². The van der Waals surface area contributed by atoms with Crippen molar-refractivity contribution in [1.82, 2.24) is 9.80 Å². The van der Waals surface area contributed by atoms with Gasteiger partial charge in [-0.25, -0.2) is 0 Å². The first kappa shape index (κ1) is 17.0. The lowest BCUT2D eigenvalue weighted by molar-refractivity contribution is -0.132. The molecule has 26 heavy (non-hydrogen) atoms. The number of nitrogens with zero attached hydrogens (tertiary/aromatic N) is 2. The van der Waals surface area contributed by atoms with Crippen LogP contribution in [0.4, 0.5) is 0 Å². The van der Waals surface area contributed by atoms with E-state index in [1.165, 1.54) is 9.78 Å². The van der Waals surface area contributed by atoms with Gasteiger partial charge in [0.15, 0.2) is 0 Å². The molecule has 1 aromatic heterocycles. The smallest absolute Gasteiger partial charge is 0.261 e. The van der Waals surface area contributed by atoms with Crippen molar-refractivity contribution in [2.24, 2.45) is 0 Å². The lowest BCUT2D eigenvalue weighted by atomic mass is 10.1. The third kappa shape index (κ3) is 2.94. The van der Waals surface area contributed by atoms with Gasteiger partial charge in [0.1, 0.15) is 0 Å². The van der Waals surface area contributed by atoms with Crippen LogP contribution in [0.3, 0.4) is 0 Å². The Labute approximate surface area is 156 Å². The van der Waals surface area contributed by atoms with Crippen LogP contribution in [0.2, 0.25) is 0 Å². The zero-order valence-corrected chi connectivity index (χ0v) is 15.2. The van der Waals surface area contributed by atoms with Gasteiger partial charge in [-0.05, 0) is 42.8 Å². The van der Waals surface area contributed by atoms with Gasteiger partial charge < -0.3 is 4.90 Å². The number of hydrogen-bond donors (Lipinski definition) is 0. The van der Waals surface area contributed by atoms with Gasteiger partial charge in [-0.3, -0.25) is 19.3 Å². The van der Waals surface area contributed by atoms with E-state index in [-0.39, 0.29) is 30.3 Å². The second kappa shape index (κ2) is 7.03. The van der Waals surface area contributed by atoms with Crippen LogP contribution in [0.1, 0.15) is 57.3 Å². The molecular weight excluding hydrogens is 348 g/mol. The standard InChI is InChI=1S/C20H20N2O3S/c23-18(21-11-3-8-16(21)17-9-5-13-26-17)10-4-12-22-19(24)14-6-1-2-7-15(14)20(22)25/h1-2,5-7,9,13,16H,3-4,8,10-12H2. The van der Waals surface area contributed by atoms with E-state index in [9.17, 15) is 14.4 Å². The lowest BCUT2D eigenvalue weighted by Crippen LogP contribution is -2.33. The highest BCUT2D eigenvalue weighted by atomic mass is 32.1. The summed E-state index contributed by atoms with van der Waals surface area (Å²) in [6.45, 7) is 1.07. The molecule has 6 heteroatoms. The molecule has 0 saturated carbocycles. The summed E-state index contributed by atoms with van der Waals surface area (Å²) < 4.78 is 0. The van der Waals surface area contributed by atoms with Crippen molar-refractivity contribution in [3.05, 3.63) is 57.8 Å². The summed E-state index contributed by atoms with van der Waals surface area (Å²) in [5, 5.41) is 2.04. The average Bonchev–Trinajstić information content (AvgIpc) is 3.38. The first-order chi connectivity index (χ1) is 12.7. The van der Waals surface area contributed by atoms with Gasteiger partial charge in [0.25, 0.3) is 11.8 Å². The third-order valence-corrected chi connectivity index (χ3v) is 6.07. The molecule has 5 nitrogen and oxygen atoms in total. The van der Waals surface area contributed by atoms with Gasteiger partial charge in [-0.2, -0.15) is 0 Å². The third-order valence-electron chi connectivity index (χ3n) is 5.10. The van der Waals surface area contributed by atoms with E-state index < -0.39 is 0 Å². The van der Waals surface area contributed by atoms with E-state index in [0.717, 1.165) is 19.4 Å². The number of carbonyl (C=O) groups excluding carboxylic acids is 3. The number of thiophene rings is 1. The predicted molar refractivity (Wildman–Crippen MR) is 99.1 cm³/mol. The van der Waals surface area contributed by atoms with Crippen molar-refractivity contribution in [2.75, 3.05) is 13.1 Å². The van der Waals surface area contributed by atoms with Crippen molar-refractivity contribution in [3.63, 3.8) is 0 Å². The number of carbonyl (C=O) groups is 3. The maximum atomic E-state index is 12.6. The van der Waals surface area contributed by atoms with Gasteiger partial charge in [-0.1, -0.05) is 18.2 Å². The Balaban J connectivity index is 1.35. The van der Waals surface area contributed by atoms with Crippen LogP contribution >= 0.6 is 11.3 Å². The minimum absolute atomic E-state index is 0.109. The Morgan fingerprint density at radius 3 is 2.46 bits per heavy atom. The maximum Gasteiger partial charge on any atom is 0.261 e. The molecule has 134 valence electrons. The molecule has 0 spiro atoms. The van der Waals surface area contributed by atoms with Crippen LogP contribution in [0.15, 0.2) is 41.8 Å². The number of hydrogen-bond acceptors (Lipinski definition) is 4. The molecule has 4 rings (SSSR count). The Morgan fingerprint density at radius 2 is 1.81 bits per heavy atom. The second-order valence-electron chi connectivity index (χ2n) is 6.67. The molecule has 1 unspecified atom stereocenters. The molecule has 2 aliphatic heterocycles. The van der Waals surface area contributed by atoms with Crippen LogP contribution in [0, 0.1) is 0 Å². The zero-order chi connectivity index (χ0) is 18.1. The number of rotatable bonds is 5. The van der Waals surface area contributed by atoms with Gasteiger partial charge >= 0.3 is 0 Å². The number of imide groups is 1. The molecule has 1 atom stereocenters. The first-order valence-corrected chi connectivity index (χ1v) is 9.83. The Bertz CT molecular complexity index is 812. The molecule has 0 bridgehead atoms. The van der Waals surface area contributed by atoms with E-state index >= 15 is 0 Å². The summed E-state index contributed by atoms with van der Waals surface area (Å²) in [6, 6.07) is 11.2. The van der Waals surface area contributed by atoms with Crippen LogP contribution in [-0.2, 0) is 4.79 Å². The molecule has 0 aliphatic carbocycles. The largest absolute Gasteiger partial charge is 0.335 e. The van der Waals surface area contributed by atoms with Gasteiger partial charge in [0, 0.05) is 24.4 Å². The summed E-state index contributed by atoms with van der Waals surface area (Å²) >= 11 is 1.69. The molecule has 3 amide bonds. The Morgan fingerprint density at radius 1 is 1.08 bits per heavy atom. The second-order valence-corrected chi connectivity index (χ2v) is 7.65. The zero-order valence-electron chi connectivity index (χ0n) is 14.4. The number of fused-ring (bicyclic) bond motifs is 1. The maximum absolute atomic E-state index is 12.6. The fourth-order valence-electron chi connectivity index (χ4n) is 3.82. The van der Waals surface area contributed by atoms with Crippen LogP contribution in [0.5, 0.6) is 0 Å². The molecule has 1 fully saturated rings. The van der Waals surface area contributed by atoms with Crippen LogP contribution < -0.4 is 0 Å². The highest BCUT2D eigenvalue weighted by Crippen LogP contribution is 2.35. The summed E-state index contributed by atoms with van der Waals surface area (Å²) in [6.07, 6.45) is 2.88. The molecule has 2 aromatic rings. The van der Waals surface area contributed by atoms with Gasteiger partial charge in [-0.15, -0.1) is 11.3 Å². The van der Waals surface area contributed by atoms with E-state index in [1.54, 1.807) is 35.6 Å². The topological polar surface area (TPSA) is 57.7 Å². The summed E-state index contributed by atoms with van der Waals surface area (Å²) in [5.41, 5.74) is 0.919. The molecular formula is C20H20N2O3S. The fourth-order valence-corrected chi connectivity index (χ4v) is 4.69. The monoisotopic (exact) mass is 368 g/mol. The van der Waals surface area contributed by atoms with Crippen molar-refractivity contribution in [3.8, 4) is 0 Å². The lowest BCUT2D eigenvalue weighted by Gasteiger charge is -2.24. The van der Waals surface area contributed by atoms with E-state index in [1.807, 2.05) is 16.3 Å². The van der Waals surface area contributed by atoms with Gasteiger partial charge in [0.2, 0.25) is 5.91 Å². The fraction of sp³-hybridized carbons (Fsp3) is 0.350. The molecule has 0 radical (unpaired) electrons. The molecule has 2 aliphatic rings. The summed E-state index contributed by atoms with van der Waals surface area (Å²) in [5.74, 6) is -0.399. The summed E-state index contributed by atoms with van der Waals surface area (Å²) in [4.78, 5) is 41.8. The number of likely N-dealkylation sites (tertiary alicyclic amines) is 1. The average molecular weight is 368 g/mol. The minimum atomic E-state index is -0.254. The van der Waals surface area contributed by atoms with Crippen molar-refractivity contribution in [2.45, 2.75) is 31.7 Å². The highest BCUT2D eigenvalue weighted by molar-refractivity contribution is 7.10. The molecule has 3 heterocycles. The quantitative estimate of drug-likeness (QED) is 0.759. The normalized spacial score (nSPS) is 19.3. The Hall–Kier alpha value is -2.47. The first-order valence-electron chi connectivity index (χ1n) is 8.95. The summed E-state index contributed by atoms with van der Waals surface area (Å²) in [7, 11) is 0.